The number of rotatable bonds is 5. The smallest absolute Gasteiger partial charge is 0.252 e. The average molecular weight is 354 g/mol. The van der Waals surface area contributed by atoms with Crippen molar-refractivity contribution >= 4 is 23.6 Å². The van der Waals surface area contributed by atoms with Crippen molar-refractivity contribution in [3.63, 3.8) is 0 Å². The summed E-state index contributed by atoms with van der Waals surface area (Å²) in [6.45, 7) is 0. The summed E-state index contributed by atoms with van der Waals surface area (Å²) in [5, 5.41) is 2.87. The molecule has 2 amide bonds. The summed E-state index contributed by atoms with van der Waals surface area (Å²) in [7, 11) is 0. The SMILES string of the molecule is CSc1ccc(-c2ccc(C(=O)NC3(C(N)=O)CCCC3)cc2)cc1. The van der Waals surface area contributed by atoms with Crippen LogP contribution in [-0.2, 0) is 4.79 Å². The molecule has 0 bridgehead atoms. The molecule has 130 valence electrons. The molecule has 2 aromatic carbocycles. The fraction of sp³-hybridized carbons (Fsp3) is 0.300. The van der Waals surface area contributed by atoms with Crippen LogP contribution in [-0.4, -0.2) is 23.6 Å². The first-order chi connectivity index (χ1) is 12.0. The van der Waals surface area contributed by atoms with Crippen LogP contribution >= 0.6 is 11.8 Å². The fourth-order valence-electron chi connectivity index (χ4n) is 3.30. The van der Waals surface area contributed by atoms with Crippen molar-refractivity contribution < 1.29 is 9.59 Å². The van der Waals surface area contributed by atoms with Crippen molar-refractivity contribution in [2.75, 3.05) is 6.26 Å². The highest BCUT2D eigenvalue weighted by atomic mass is 32.2. The lowest BCUT2D eigenvalue weighted by atomic mass is 9.96. The van der Waals surface area contributed by atoms with Crippen LogP contribution in [0.1, 0.15) is 36.0 Å². The topological polar surface area (TPSA) is 72.2 Å². The van der Waals surface area contributed by atoms with Gasteiger partial charge in [-0.25, -0.2) is 0 Å². The number of benzene rings is 2. The molecule has 2 aromatic rings. The summed E-state index contributed by atoms with van der Waals surface area (Å²) in [4.78, 5) is 25.5. The van der Waals surface area contributed by atoms with Crippen molar-refractivity contribution in [1.29, 1.82) is 0 Å². The molecule has 5 heteroatoms. The van der Waals surface area contributed by atoms with E-state index in [2.05, 4.69) is 29.6 Å². The standard InChI is InChI=1S/C20H22N2O2S/c1-25-17-10-8-15(9-11-17)14-4-6-16(7-5-14)18(23)22-20(19(21)24)12-2-3-13-20/h4-11H,2-3,12-13H2,1H3,(H2,21,24)(H,22,23). The van der Waals surface area contributed by atoms with Crippen LogP contribution in [0.2, 0.25) is 0 Å². The zero-order chi connectivity index (χ0) is 17.9. The van der Waals surface area contributed by atoms with E-state index in [-0.39, 0.29) is 5.91 Å². The van der Waals surface area contributed by atoms with Crippen molar-refractivity contribution in [3.8, 4) is 11.1 Å². The molecule has 0 unspecified atom stereocenters. The van der Waals surface area contributed by atoms with E-state index in [0.29, 0.717) is 18.4 Å². The Morgan fingerprint density at radius 1 is 0.960 bits per heavy atom. The second-order valence-electron chi connectivity index (χ2n) is 6.41. The quantitative estimate of drug-likeness (QED) is 0.806. The Morgan fingerprint density at radius 2 is 1.48 bits per heavy atom. The van der Waals surface area contributed by atoms with Crippen LogP contribution < -0.4 is 11.1 Å². The largest absolute Gasteiger partial charge is 0.368 e. The molecular weight excluding hydrogens is 332 g/mol. The van der Waals surface area contributed by atoms with Gasteiger partial charge < -0.3 is 11.1 Å². The first-order valence-corrected chi connectivity index (χ1v) is 9.63. The summed E-state index contributed by atoms with van der Waals surface area (Å²) in [5.74, 6) is -0.686. The van der Waals surface area contributed by atoms with Crippen LogP contribution in [0.3, 0.4) is 0 Å². The summed E-state index contributed by atoms with van der Waals surface area (Å²) >= 11 is 1.71. The molecule has 0 aromatic heterocycles. The summed E-state index contributed by atoms with van der Waals surface area (Å²) in [5.41, 5.74) is 7.34. The Labute approximate surface area is 152 Å². The normalized spacial score (nSPS) is 15.7. The third kappa shape index (κ3) is 3.71. The van der Waals surface area contributed by atoms with Gasteiger partial charge in [-0.05, 0) is 54.5 Å². The Morgan fingerprint density at radius 3 is 1.96 bits per heavy atom. The second kappa shape index (κ2) is 7.31. The highest BCUT2D eigenvalue weighted by Gasteiger charge is 2.40. The van der Waals surface area contributed by atoms with Gasteiger partial charge in [-0.2, -0.15) is 0 Å². The minimum absolute atomic E-state index is 0.245. The zero-order valence-electron chi connectivity index (χ0n) is 14.2. The molecule has 0 saturated heterocycles. The lowest BCUT2D eigenvalue weighted by molar-refractivity contribution is -0.123. The van der Waals surface area contributed by atoms with Gasteiger partial charge in [-0.3, -0.25) is 9.59 Å². The minimum atomic E-state index is -0.886. The maximum atomic E-state index is 12.5. The molecule has 0 spiro atoms. The van der Waals surface area contributed by atoms with Crippen LogP contribution in [0.25, 0.3) is 11.1 Å². The molecule has 0 atom stereocenters. The zero-order valence-corrected chi connectivity index (χ0v) is 15.1. The van der Waals surface area contributed by atoms with E-state index in [4.69, 9.17) is 5.73 Å². The molecule has 3 rings (SSSR count). The first-order valence-electron chi connectivity index (χ1n) is 8.41. The predicted molar refractivity (Wildman–Crippen MR) is 102 cm³/mol. The van der Waals surface area contributed by atoms with Crippen LogP contribution in [0.15, 0.2) is 53.4 Å². The van der Waals surface area contributed by atoms with E-state index in [1.54, 1.807) is 23.9 Å². The van der Waals surface area contributed by atoms with Gasteiger partial charge in [-0.15, -0.1) is 11.8 Å². The van der Waals surface area contributed by atoms with Gasteiger partial charge in [0, 0.05) is 10.5 Å². The summed E-state index contributed by atoms with van der Waals surface area (Å²) < 4.78 is 0. The number of nitrogens with two attached hydrogens (primary N) is 1. The van der Waals surface area contributed by atoms with Crippen molar-refractivity contribution in [3.05, 3.63) is 54.1 Å². The van der Waals surface area contributed by atoms with Crippen molar-refractivity contribution in [2.24, 2.45) is 5.73 Å². The third-order valence-electron chi connectivity index (χ3n) is 4.85. The maximum absolute atomic E-state index is 12.5. The molecular formula is C20H22N2O2S. The number of nitrogens with one attached hydrogen (secondary N) is 1. The van der Waals surface area contributed by atoms with Crippen LogP contribution in [0.5, 0.6) is 0 Å². The van der Waals surface area contributed by atoms with E-state index in [9.17, 15) is 9.59 Å². The number of carbonyl (C=O) groups is 2. The fourth-order valence-corrected chi connectivity index (χ4v) is 3.71. The van der Waals surface area contributed by atoms with E-state index in [1.807, 2.05) is 18.4 Å². The third-order valence-corrected chi connectivity index (χ3v) is 5.60. The number of amides is 2. The number of carbonyl (C=O) groups excluding carboxylic acids is 2. The van der Waals surface area contributed by atoms with Gasteiger partial charge >= 0.3 is 0 Å². The van der Waals surface area contributed by atoms with Gasteiger partial charge in [0.25, 0.3) is 5.91 Å². The van der Waals surface area contributed by atoms with E-state index < -0.39 is 11.4 Å². The van der Waals surface area contributed by atoms with Gasteiger partial charge in [0.1, 0.15) is 5.54 Å². The molecule has 0 radical (unpaired) electrons. The Balaban J connectivity index is 1.75. The van der Waals surface area contributed by atoms with Gasteiger partial charge in [0.15, 0.2) is 0 Å². The Bertz CT molecular complexity index is 763. The van der Waals surface area contributed by atoms with E-state index in [0.717, 1.165) is 24.0 Å². The lowest BCUT2D eigenvalue weighted by Gasteiger charge is -2.26. The van der Waals surface area contributed by atoms with Gasteiger partial charge in [-0.1, -0.05) is 37.1 Å². The van der Waals surface area contributed by atoms with Crippen LogP contribution in [0, 0.1) is 0 Å². The maximum Gasteiger partial charge on any atom is 0.252 e. The van der Waals surface area contributed by atoms with E-state index >= 15 is 0 Å². The highest BCUT2D eigenvalue weighted by molar-refractivity contribution is 7.98. The van der Waals surface area contributed by atoms with Gasteiger partial charge in [0.05, 0.1) is 0 Å². The molecule has 25 heavy (non-hydrogen) atoms. The highest BCUT2D eigenvalue weighted by Crippen LogP contribution is 2.30. The van der Waals surface area contributed by atoms with Crippen molar-refractivity contribution in [2.45, 2.75) is 36.1 Å². The van der Waals surface area contributed by atoms with Crippen molar-refractivity contribution in [1.82, 2.24) is 5.32 Å². The summed E-state index contributed by atoms with van der Waals surface area (Å²) in [6, 6.07) is 15.7. The monoisotopic (exact) mass is 354 g/mol. The number of hydrogen-bond acceptors (Lipinski definition) is 3. The molecule has 1 aliphatic carbocycles. The molecule has 4 nitrogen and oxygen atoms in total. The average Bonchev–Trinajstić information content (AvgIpc) is 3.12. The number of hydrogen-bond donors (Lipinski definition) is 2. The second-order valence-corrected chi connectivity index (χ2v) is 7.29. The lowest BCUT2D eigenvalue weighted by Crippen LogP contribution is -2.55. The minimum Gasteiger partial charge on any atom is -0.368 e. The molecule has 1 aliphatic rings. The molecule has 1 saturated carbocycles. The van der Waals surface area contributed by atoms with Gasteiger partial charge in [0.2, 0.25) is 5.91 Å². The molecule has 3 N–H and O–H groups in total. The van der Waals surface area contributed by atoms with Crippen LogP contribution in [0.4, 0.5) is 0 Å². The first kappa shape index (κ1) is 17.5. The number of primary amides is 1. The summed E-state index contributed by atoms with van der Waals surface area (Å²) in [6.07, 6.45) is 5.11. The van der Waals surface area contributed by atoms with E-state index in [1.165, 1.54) is 4.90 Å². The molecule has 0 aliphatic heterocycles. The Kier molecular flexibility index (Phi) is 5.13. The predicted octanol–water partition coefficient (Wildman–Crippen LogP) is 3.60. The molecule has 0 heterocycles. The number of thioether (sulfide) groups is 1. The molecule has 1 fully saturated rings. The Hall–Kier alpha value is -2.27.